The lowest BCUT2D eigenvalue weighted by Crippen LogP contribution is -2.33. The molecule has 0 spiro atoms. The summed E-state index contributed by atoms with van der Waals surface area (Å²) in [4.78, 5) is 2.38. The first-order valence-electron chi connectivity index (χ1n) is 6.64. The topological polar surface area (TPSA) is 38.5 Å². The number of nitrogens with zero attached hydrogens (tertiary/aromatic N) is 1. The molecule has 18 heavy (non-hydrogen) atoms. The maximum Gasteiger partial charge on any atom is 0.0639 e. The van der Waals surface area contributed by atoms with E-state index in [4.69, 9.17) is 10.5 Å². The fraction of sp³-hybridized carbons (Fsp3) is 0.600. The Balaban J connectivity index is 2.62. The summed E-state index contributed by atoms with van der Waals surface area (Å²) in [6.07, 6.45) is 2.02. The van der Waals surface area contributed by atoms with Gasteiger partial charge < -0.3 is 15.4 Å². The maximum absolute atomic E-state index is 5.61. The highest BCUT2D eigenvalue weighted by Gasteiger charge is 2.18. The highest BCUT2D eigenvalue weighted by molar-refractivity contribution is 5.45. The SMILES string of the molecule is COC(C)(C)CCN(CCCN)c1ccccc1. The van der Waals surface area contributed by atoms with Crippen LogP contribution >= 0.6 is 0 Å². The highest BCUT2D eigenvalue weighted by Crippen LogP contribution is 2.18. The number of para-hydroxylation sites is 1. The van der Waals surface area contributed by atoms with Crippen molar-refractivity contribution in [2.75, 3.05) is 31.6 Å². The second kappa shape index (κ2) is 7.39. The van der Waals surface area contributed by atoms with E-state index in [0.717, 1.165) is 32.5 Å². The van der Waals surface area contributed by atoms with Crippen LogP contribution in [0.1, 0.15) is 26.7 Å². The molecule has 0 bridgehead atoms. The van der Waals surface area contributed by atoms with Crippen LogP contribution in [0.5, 0.6) is 0 Å². The quantitative estimate of drug-likeness (QED) is 0.771. The summed E-state index contributed by atoms with van der Waals surface area (Å²) in [5.74, 6) is 0. The predicted molar refractivity (Wildman–Crippen MR) is 78.0 cm³/mol. The normalized spacial score (nSPS) is 11.6. The molecule has 3 heteroatoms. The Morgan fingerprint density at radius 1 is 1.17 bits per heavy atom. The van der Waals surface area contributed by atoms with Crippen LogP contribution in [0.25, 0.3) is 0 Å². The van der Waals surface area contributed by atoms with Crippen LogP contribution in [0.4, 0.5) is 5.69 Å². The number of hydrogen-bond donors (Lipinski definition) is 1. The lowest BCUT2D eigenvalue weighted by Gasteiger charge is -2.30. The van der Waals surface area contributed by atoms with E-state index in [1.54, 1.807) is 7.11 Å². The van der Waals surface area contributed by atoms with Gasteiger partial charge in [-0.2, -0.15) is 0 Å². The zero-order valence-electron chi connectivity index (χ0n) is 11.9. The van der Waals surface area contributed by atoms with Crippen LogP contribution in [0.15, 0.2) is 30.3 Å². The second-order valence-electron chi connectivity index (χ2n) is 5.18. The Labute approximate surface area is 111 Å². The highest BCUT2D eigenvalue weighted by atomic mass is 16.5. The van der Waals surface area contributed by atoms with Crippen molar-refractivity contribution in [1.82, 2.24) is 0 Å². The smallest absolute Gasteiger partial charge is 0.0639 e. The summed E-state index contributed by atoms with van der Waals surface area (Å²) >= 11 is 0. The van der Waals surface area contributed by atoms with Crippen LogP contribution in [-0.2, 0) is 4.74 Å². The van der Waals surface area contributed by atoms with Crippen molar-refractivity contribution in [3.8, 4) is 0 Å². The van der Waals surface area contributed by atoms with Gasteiger partial charge in [0.25, 0.3) is 0 Å². The van der Waals surface area contributed by atoms with E-state index in [2.05, 4.69) is 43.0 Å². The van der Waals surface area contributed by atoms with Crippen LogP contribution in [-0.4, -0.2) is 32.3 Å². The van der Waals surface area contributed by atoms with Crippen molar-refractivity contribution >= 4 is 5.69 Å². The van der Waals surface area contributed by atoms with Gasteiger partial charge in [0.15, 0.2) is 0 Å². The number of methoxy groups -OCH3 is 1. The Morgan fingerprint density at radius 2 is 1.83 bits per heavy atom. The Morgan fingerprint density at radius 3 is 2.39 bits per heavy atom. The minimum Gasteiger partial charge on any atom is -0.379 e. The Hall–Kier alpha value is -1.06. The molecule has 0 fully saturated rings. The number of nitrogens with two attached hydrogens (primary N) is 1. The van der Waals surface area contributed by atoms with E-state index in [1.165, 1.54) is 5.69 Å². The molecule has 0 saturated heterocycles. The van der Waals surface area contributed by atoms with Gasteiger partial charge in [0.2, 0.25) is 0 Å². The molecule has 0 heterocycles. The summed E-state index contributed by atoms with van der Waals surface area (Å²) in [7, 11) is 1.77. The third-order valence-corrected chi connectivity index (χ3v) is 3.29. The second-order valence-corrected chi connectivity index (χ2v) is 5.18. The summed E-state index contributed by atoms with van der Waals surface area (Å²) < 4.78 is 5.48. The molecular weight excluding hydrogens is 224 g/mol. The van der Waals surface area contributed by atoms with Crippen LogP contribution < -0.4 is 10.6 Å². The molecule has 0 atom stereocenters. The molecular formula is C15H26N2O. The molecule has 0 aromatic heterocycles. The van der Waals surface area contributed by atoms with Gasteiger partial charge in [-0.25, -0.2) is 0 Å². The molecule has 0 unspecified atom stereocenters. The number of benzene rings is 1. The summed E-state index contributed by atoms with van der Waals surface area (Å²) in [6.45, 7) is 6.97. The van der Waals surface area contributed by atoms with E-state index in [0.29, 0.717) is 0 Å². The van der Waals surface area contributed by atoms with Gasteiger partial charge in [0.1, 0.15) is 0 Å². The van der Waals surface area contributed by atoms with Crippen molar-refractivity contribution in [2.24, 2.45) is 5.73 Å². The average Bonchev–Trinajstić information content (AvgIpc) is 2.40. The van der Waals surface area contributed by atoms with E-state index < -0.39 is 0 Å². The van der Waals surface area contributed by atoms with Crippen molar-refractivity contribution in [1.29, 1.82) is 0 Å². The number of ether oxygens (including phenoxy) is 1. The van der Waals surface area contributed by atoms with E-state index in [-0.39, 0.29) is 5.60 Å². The molecule has 0 aliphatic rings. The van der Waals surface area contributed by atoms with Crippen LogP contribution in [0.2, 0.25) is 0 Å². The molecule has 102 valence electrons. The maximum atomic E-state index is 5.61. The fourth-order valence-electron chi connectivity index (χ4n) is 1.80. The van der Waals surface area contributed by atoms with Crippen molar-refractivity contribution < 1.29 is 4.74 Å². The Kier molecular flexibility index (Phi) is 6.16. The first kappa shape index (κ1) is 15.0. The zero-order valence-corrected chi connectivity index (χ0v) is 11.9. The molecule has 1 rings (SSSR count). The Bertz CT molecular complexity index is 325. The standard InChI is InChI=1S/C15H26N2O/c1-15(2,18-3)10-13-17(12-7-11-16)14-8-5-4-6-9-14/h4-6,8-9H,7,10-13,16H2,1-3H3. The minimum absolute atomic E-state index is 0.0737. The summed E-state index contributed by atoms with van der Waals surface area (Å²) in [5, 5.41) is 0. The van der Waals surface area contributed by atoms with Gasteiger partial charge in [-0.15, -0.1) is 0 Å². The average molecular weight is 250 g/mol. The largest absolute Gasteiger partial charge is 0.379 e. The van der Waals surface area contributed by atoms with Gasteiger partial charge >= 0.3 is 0 Å². The van der Waals surface area contributed by atoms with Gasteiger partial charge in [0.05, 0.1) is 5.60 Å². The molecule has 0 saturated carbocycles. The number of rotatable bonds is 8. The van der Waals surface area contributed by atoms with Crippen LogP contribution in [0, 0.1) is 0 Å². The van der Waals surface area contributed by atoms with E-state index in [1.807, 2.05) is 6.07 Å². The van der Waals surface area contributed by atoms with E-state index in [9.17, 15) is 0 Å². The van der Waals surface area contributed by atoms with Crippen molar-refractivity contribution in [3.63, 3.8) is 0 Å². The van der Waals surface area contributed by atoms with Crippen LogP contribution in [0.3, 0.4) is 0 Å². The van der Waals surface area contributed by atoms with Crippen molar-refractivity contribution in [2.45, 2.75) is 32.3 Å². The molecule has 2 N–H and O–H groups in total. The third-order valence-electron chi connectivity index (χ3n) is 3.29. The molecule has 3 nitrogen and oxygen atoms in total. The van der Waals surface area contributed by atoms with Gasteiger partial charge in [-0.3, -0.25) is 0 Å². The molecule has 1 aromatic rings. The number of hydrogen-bond acceptors (Lipinski definition) is 3. The molecule has 0 aliphatic heterocycles. The molecule has 0 radical (unpaired) electrons. The van der Waals surface area contributed by atoms with Gasteiger partial charge in [-0.05, 0) is 45.4 Å². The predicted octanol–water partition coefficient (Wildman–Crippen LogP) is 2.66. The first-order valence-corrected chi connectivity index (χ1v) is 6.64. The van der Waals surface area contributed by atoms with Gasteiger partial charge in [-0.1, -0.05) is 18.2 Å². The summed E-state index contributed by atoms with van der Waals surface area (Å²) in [5.41, 5.74) is 6.80. The molecule has 0 aliphatic carbocycles. The van der Waals surface area contributed by atoms with E-state index >= 15 is 0 Å². The van der Waals surface area contributed by atoms with Gasteiger partial charge in [0, 0.05) is 25.9 Å². The zero-order chi connectivity index (χ0) is 13.4. The lowest BCUT2D eigenvalue weighted by molar-refractivity contribution is 0.0172. The third kappa shape index (κ3) is 5.07. The minimum atomic E-state index is -0.0737. The van der Waals surface area contributed by atoms with Crippen molar-refractivity contribution in [3.05, 3.63) is 30.3 Å². The lowest BCUT2D eigenvalue weighted by atomic mass is 10.0. The number of anilines is 1. The summed E-state index contributed by atoms with van der Waals surface area (Å²) in [6, 6.07) is 10.5. The molecule has 0 amide bonds. The first-order chi connectivity index (χ1) is 8.59. The molecule has 1 aromatic carbocycles. The fourth-order valence-corrected chi connectivity index (χ4v) is 1.80. The monoisotopic (exact) mass is 250 g/mol.